The molecule has 2 N–H and O–H groups in total. The number of benzene rings is 2. The minimum absolute atomic E-state index is 0.0844. The van der Waals surface area contributed by atoms with Gasteiger partial charge in [-0.05, 0) is 54.3 Å². The molecule has 0 aromatic heterocycles. The Morgan fingerprint density at radius 3 is 2.58 bits per heavy atom. The summed E-state index contributed by atoms with van der Waals surface area (Å²) in [5.41, 5.74) is 4.83. The summed E-state index contributed by atoms with van der Waals surface area (Å²) in [6.07, 6.45) is 1.00. The zero-order valence-corrected chi connectivity index (χ0v) is 20.2. The van der Waals surface area contributed by atoms with Gasteiger partial charge in [0.25, 0.3) is 0 Å². The van der Waals surface area contributed by atoms with E-state index in [0.29, 0.717) is 24.5 Å². The van der Waals surface area contributed by atoms with Crippen LogP contribution in [0.1, 0.15) is 29.7 Å². The molecule has 0 spiro atoms. The second-order valence-electron chi connectivity index (χ2n) is 8.74. The lowest BCUT2D eigenvalue weighted by Gasteiger charge is -2.35. The van der Waals surface area contributed by atoms with Crippen molar-refractivity contribution in [3.63, 3.8) is 0 Å². The van der Waals surface area contributed by atoms with Crippen LogP contribution in [0.3, 0.4) is 0 Å². The molecule has 4 rings (SSSR count). The predicted molar refractivity (Wildman–Crippen MR) is 129 cm³/mol. The lowest BCUT2D eigenvalue weighted by atomic mass is 10.0. The van der Waals surface area contributed by atoms with Crippen LogP contribution in [0.2, 0.25) is 0 Å². The lowest BCUT2D eigenvalue weighted by molar-refractivity contribution is -0.114. The maximum absolute atomic E-state index is 13.2. The van der Waals surface area contributed by atoms with Crippen molar-refractivity contribution in [2.45, 2.75) is 31.2 Å². The van der Waals surface area contributed by atoms with E-state index in [4.69, 9.17) is 4.74 Å². The van der Waals surface area contributed by atoms with Gasteiger partial charge in [0.1, 0.15) is 0 Å². The molecule has 178 valence electrons. The number of hydrogen-bond acceptors (Lipinski definition) is 6. The van der Waals surface area contributed by atoms with Gasteiger partial charge < -0.3 is 15.0 Å². The van der Waals surface area contributed by atoms with E-state index < -0.39 is 10.0 Å². The number of nitrogens with one attached hydrogen (secondary N) is 2. The summed E-state index contributed by atoms with van der Waals surface area (Å²) in [4.78, 5) is 16.1. The minimum atomic E-state index is -3.73. The van der Waals surface area contributed by atoms with Crippen molar-refractivity contribution in [2.24, 2.45) is 0 Å². The number of fused-ring (bicyclic) bond motifs is 1. The van der Waals surface area contributed by atoms with E-state index in [2.05, 4.69) is 45.1 Å². The number of hydrogen-bond donors (Lipinski definition) is 2. The third kappa shape index (κ3) is 5.38. The second-order valence-corrected chi connectivity index (χ2v) is 10.5. The highest BCUT2D eigenvalue weighted by molar-refractivity contribution is 7.89. The Hall–Kier alpha value is -2.46. The van der Waals surface area contributed by atoms with Crippen LogP contribution < -0.4 is 14.9 Å². The summed E-state index contributed by atoms with van der Waals surface area (Å²) in [5, 5.41) is 2.69. The van der Waals surface area contributed by atoms with E-state index in [1.807, 2.05) is 0 Å². The van der Waals surface area contributed by atoms with E-state index in [1.165, 1.54) is 24.2 Å². The molecule has 0 aliphatic carbocycles. The first-order valence-electron chi connectivity index (χ1n) is 11.3. The Bertz CT molecular complexity index is 1130. The number of sulfonamides is 1. The largest absolute Gasteiger partial charge is 0.379 e. The van der Waals surface area contributed by atoms with E-state index >= 15 is 0 Å². The maximum atomic E-state index is 13.2. The fourth-order valence-corrected chi connectivity index (χ4v) is 5.90. The Morgan fingerprint density at radius 1 is 1.12 bits per heavy atom. The van der Waals surface area contributed by atoms with E-state index in [-0.39, 0.29) is 23.4 Å². The van der Waals surface area contributed by atoms with Gasteiger partial charge in [-0.1, -0.05) is 12.1 Å². The molecule has 1 atom stereocenters. The first kappa shape index (κ1) is 23.7. The van der Waals surface area contributed by atoms with Gasteiger partial charge in [-0.15, -0.1) is 0 Å². The number of ether oxygens (including phenoxy) is 1. The highest BCUT2D eigenvalue weighted by Crippen LogP contribution is 2.31. The Balaban J connectivity index is 1.56. The van der Waals surface area contributed by atoms with Gasteiger partial charge in [0.05, 0.1) is 18.1 Å². The van der Waals surface area contributed by atoms with Crippen LogP contribution in [-0.4, -0.2) is 65.7 Å². The van der Waals surface area contributed by atoms with Gasteiger partial charge in [0.2, 0.25) is 15.9 Å². The predicted octanol–water partition coefficient (Wildman–Crippen LogP) is 2.30. The molecule has 0 radical (unpaired) electrons. The molecule has 0 saturated carbocycles. The number of rotatable bonds is 7. The highest BCUT2D eigenvalue weighted by Gasteiger charge is 2.27. The average molecular weight is 473 g/mol. The number of carbonyl (C=O) groups excluding carboxylic acids is 1. The minimum Gasteiger partial charge on any atom is -0.379 e. The summed E-state index contributed by atoms with van der Waals surface area (Å²) in [6.45, 7) is 7.22. The monoisotopic (exact) mass is 472 g/mol. The van der Waals surface area contributed by atoms with Crippen molar-refractivity contribution in [1.82, 2.24) is 9.62 Å². The fraction of sp³-hybridized carbons (Fsp3) is 0.458. The van der Waals surface area contributed by atoms with Crippen LogP contribution in [0.15, 0.2) is 41.3 Å². The topological polar surface area (TPSA) is 91.0 Å². The van der Waals surface area contributed by atoms with Crippen molar-refractivity contribution < 1.29 is 17.9 Å². The van der Waals surface area contributed by atoms with Gasteiger partial charge in [-0.3, -0.25) is 9.69 Å². The number of aryl methyl sites for hydroxylation is 1. The van der Waals surface area contributed by atoms with Crippen molar-refractivity contribution in [3.05, 3.63) is 53.1 Å². The smallest absolute Gasteiger partial charge is 0.240 e. The number of anilines is 2. The van der Waals surface area contributed by atoms with Gasteiger partial charge in [-0.25, -0.2) is 13.1 Å². The number of amides is 1. The first-order valence-corrected chi connectivity index (χ1v) is 12.8. The Morgan fingerprint density at radius 2 is 1.88 bits per heavy atom. The Kier molecular flexibility index (Phi) is 7.04. The second kappa shape index (κ2) is 9.80. The number of likely N-dealkylation sites (N-methyl/N-ethyl adjacent to an activating group) is 1. The zero-order valence-electron chi connectivity index (χ0n) is 19.4. The third-order valence-corrected chi connectivity index (χ3v) is 7.94. The molecule has 0 unspecified atom stereocenters. The first-order chi connectivity index (χ1) is 15.7. The normalized spacial score (nSPS) is 17.6. The summed E-state index contributed by atoms with van der Waals surface area (Å²) >= 11 is 0. The van der Waals surface area contributed by atoms with Crippen LogP contribution in [-0.2, 0) is 26.0 Å². The molecule has 1 amide bonds. The molecule has 1 saturated heterocycles. The van der Waals surface area contributed by atoms with Crippen molar-refractivity contribution in [3.8, 4) is 0 Å². The Labute approximate surface area is 196 Å². The molecule has 0 bridgehead atoms. The quantitative estimate of drug-likeness (QED) is 0.643. The van der Waals surface area contributed by atoms with E-state index in [0.717, 1.165) is 31.6 Å². The third-order valence-electron chi connectivity index (χ3n) is 6.35. The van der Waals surface area contributed by atoms with Crippen LogP contribution in [0.25, 0.3) is 0 Å². The molecule has 2 aromatic rings. The zero-order chi connectivity index (χ0) is 23.6. The van der Waals surface area contributed by atoms with Crippen LogP contribution in [0.4, 0.5) is 11.4 Å². The maximum Gasteiger partial charge on any atom is 0.240 e. The van der Waals surface area contributed by atoms with E-state index in [9.17, 15) is 13.2 Å². The molecule has 9 heteroatoms. The van der Waals surface area contributed by atoms with Crippen LogP contribution >= 0.6 is 0 Å². The molecule has 33 heavy (non-hydrogen) atoms. The molecule has 8 nitrogen and oxygen atoms in total. The number of nitrogens with zero attached hydrogens (tertiary/aromatic N) is 2. The molecular weight excluding hydrogens is 440 g/mol. The van der Waals surface area contributed by atoms with E-state index in [1.54, 1.807) is 19.1 Å². The van der Waals surface area contributed by atoms with Gasteiger partial charge in [-0.2, -0.15) is 0 Å². The summed E-state index contributed by atoms with van der Waals surface area (Å²) in [5.74, 6) is -0.197. The molecule has 2 aromatic carbocycles. The standard InChI is InChI=1S/C24H32N4O4S/c1-17-14-21(26-18(2)29)5-7-24(17)33(30,31)25-16-23(28-10-12-32-13-11-28)19-4-6-22-20(15-19)8-9-27(22)3/h4-7,14-15,23,25H,8-13,16H2,1-3H3,(H,26,29)/t23-/m1/s1. The molecule has 1 fully saturated rings. The van der Waals surface area contributed by atoms with Crippen LogP contribution in [0.5, 0.6) is 0 Å². The molecule has 2 heterocycles. The van der Waals surface area contributed by atoms with Gasteiger partial charge >= 0.3 is 0 Å². The highest BCUT2D eigenvalue weighted by atomic mass is 32.2. The number of morpholine rings is 1. The van der Waals surface area contributed by atoms with Gasteiger partial charge in [0, 0.05) is 57.6 Å². The summed E-state index contributed by atoms with van der Waals surface area (Å²) in [6, 6.07) is 11.2. The summed E-state index contributed by atoms with van der Waals surface area (Å²) in [7, 11) is -1.63. The molecule has 2 aliphatic heterocycles. The van der Waals surface area contributed by atoms with Crippen molar-refractivity contribution in [2.75, 3.05) is 56.7 Å². The molecular formula is C24H32N4O4S. The SMILES string of the molecule is CC(=O)Nc1ccc(S(=O)(=O)NC[C@H](c2ccc3c(c2)CCN3C)N2CCOCC2)c(C)c1. The lowest BCUT2D eigenvalue weighted by Crippen LogP contribution is -2.43. The molecule has 2 aliphatic rings. The van der Waals surface area contributed by atoms with Crippen molar-refractivity contribution in [1.29, 1.82) is 0 Å². The number of carbonyl (C=O) groups is 1. The van der Waals surface area contributed by atoms with Gasteiger partial charge in [0.15, 0.2) is 0 Å². The van der Waals surface area contributed by atoms with Crippen LogP contribution in [0, 0.1) is 6.92 Å². The average Bonchev–Trinajstić information content (AvgIpc) is 3.14. The summed E-state index contributed by atoms with van der Waals surface area (Å²) < 4.78 is 34.7. The fourth-order valence-electron chi connectivity index (χ4n) is 4.64. The van der Waals surface area contributed by atoms with Crippen molar-refractivity contribution >= 4 is 27.3 Å².